The number of aromatic nitrogens is 3. The van der Waals surface area contributed by atoms with Gasteiger partial charge in [-0.2, -0.15) is 15.2 Å². The van der Waals surface area contributed by atoms with Crippen molar-refractivity contribution in [2.75, 3.05) is 44.7 Å². The fourth-order valence-electron chi connectivity index (χ4n) is 5.51. The summed E-state index contributed by atoms with van der Waals surface area (Å²) in [6, 6.07) is 5.35. The maximum atomic E-state index is 15.4. The third kappa shape index (κ3) is 5.74. The minimum Gasteiger partial charge on any atom is -0.467 e. The van der Waals surface area contributed by atoms with Gasteiger partial charge in [0.2, 0.25) is 0 Å². The van der Waals surface area contributed by atoms with Crippen molar-refractivity contribution in [2.45, 2.75) is 43.9 Å². The van der Waals surface area contributed by atoms with Crippen LogP contribution in [0.1, 0.15) is 25.7 Å². The number of methoxy groups -OCH3 is 1. The maximum Gasteiger partial charge on any atom is 0.318 e. The molecule has 0 saturated carbocycles. The highest BCUT2D eigenvalue weighted by Crippen LogP contribution is 2.33. The van der Waals surface area contributed by atoms with Crippen LogP contribution in [0, 0.1) is 28.8 Å². The standard InChI is InChI=1S/C20H17F3N6O.C7H12FN/c1-30-20-27-18-14(19(28-20)29-7-6-25-12(10-29)4-5-24)9-26-17(16(18)23)13-8-11(21)2-3-15(13)22;8-6-4-7-2-1-3-9(7)5-6/h2-3,8-9,12,25H,4,6-7,10H2,1H3;6-7H,1-5H2. The van der Waals surface area contributed by atoms with Crippen molar-refractivity contribution in [3.8, 4) is 23.3 Å². The van der Waals surface area contributed by atoms with Crippen LogP contribution in [0.3, 0.4) is 0 Å². The van der Waals surface area contributed by atoms with E-state index in [1.807, 2.05) is 4.90 Å². The van der Waals surface area contributed by atoms with Gasteiger partial charge < -0.3 is 15.0 Å². The Bertz CT molecular complexity index is 1370. The second kappa shape index (κ2) is 11.7. The number of rotatable bonds is 4. The van der Waals surface area contributed by atoms with Crippen molar-refractivity contribution in [3.63, 3.8) is 0 Å². The van der Waals surface area contributed by atoms with E-state index in [0.717, 1.165) is 31.2 Å². The number of alkyl halides is 1. The molecule has 3 aliphatic heterocycles. The molecular weight excluding hydrogens is 514 g/mol. The molecule has 0 aliphatic carbocycles. The number of anilines is 1. The number of benzene rings is 1. The predicted molar refractivity (Wildman–Crippen MR) is 138 cm³/mol. The van der Waals surface area contributed by atoms with Crippen molar-refractivity contribution in [1.82, 2.24) is 25.2 Å². The Kier molecular flexibility index (Phi) is 8.09. The van der Waals surface area contributed by atoms with Gasteiger partial charge in [-0.25, -0.2) is 17.6 Å². The lowest BCUT2D eigenvalue weighted by atomic mass is 10.1. The Morgan fingerprint density at radius 1 is 1.18 bits per heavy atom. The Labute approximate surface area is 223 Å². The Morgan fingerprint density at radius 3 is 2.79 bits per heavy atom. The molecule has 8 nitrogen and oxygen atoms in total. The average Bonchev–Trinajstić information content (AvgIpc) is 3.52. The van der Waals surface area contributed by atoms with Gasteiger partial charge in [0.05, 0.1) is 25.0 Å². The van der Waals surface area contributed by atoms with Gasteiger partial charge >= 0.3 is 6.01 Å². The largest absolute Gasteiger partial charge is 0.467 e. The first kappa shape index (κ1) is 27.0. The van der Waals surface area contributed by atoms with Crippen molar-refractivity contribution in [2.24, 2.45) is 0 Å². The Hall–Kier alpha value is -3.56. The number of nitrogens with one attached hydrogen (secondary N) is 1. The quantitative estimate of drug-likeness (QED) is 0.494. The molecular formula is C27H29F4N7O. The molecule has 6 rings (SSSR count). The van der Waals surface area contributed by atoms with Crippen molar-refractivity contribution in [1.29, 1.82) is 5.26 Å². The zero-order chi connectivity index (χ0) is 27.5. The van der Waals surface area contributed by atoms with E-state index in [4.69, 9.17) is 10.00 Å². The molecule has 1 aromatic carbocycles. The molecule has 0 spiro atoms. The lowest BCUT2D eigenvalue weighted by molar-refractivity contribution is 0.292. The van der Waals surface area contributed by atoms with E-state index in [9.17, 15) is 13.2 Å². The number of pyridine rings is 1. The van der Waals surface area contributed by atoms with E-state index in [2.05, 4.69) is 31.2 Å². The monoisotopic (exact) mass is 543 g/mol. The number of halogens is 4. The molecule has 12 heteroatoms. The second-order valence-electron chi connectivity index (χ2n) is 9.92. The van der Waals surface area contributed by atoms with Gasteiger partial charge in [-0.1, -0.05) is 0 Å². The molecule has 39 heavy (non-hydrogen) atoms. The van der Waals surface area contributed by atoms with Gasteiger partial charge in [0.1, 0.15) is 34.8 Å². The van der Waals surface area contributed by atoms with Gasteiger partial charge in [0.25, 0.3) is 0 Å². The molecule has 206 valence electrons. The maximum absolute atomic E-state index is 15.4. The predicted octanol–water partition coefficient (Wildman–Crippen LogP) is 4.00. The number of hydrogen-bond acceptors (Lipinski definition) is 8. The Morgan fingerprint density at radius 2 is 2.03 bits per heavy atom. The van der Waals surface area contributed by atoms with Crippen LogP contribution in [0.5, 0.6) is 6.01 Å². The first-order valence-electron chi connectivity index (χ1n) is 13.0. The number of nitrogens with zero attached hydrogens (tertiary/aromatic N) is 6. The van der Waals surface area contributed by atoms with E-state index in [1.165, 1.54) is 26.1 Å². The molecule has 1 N–H and O–H groups in total. The van der Waals surface area contributed by atoms with Crippen molar-refractivity contribution >= 4 is 16.7 Å². The highest BCUT2D eigenvalue weighted by Gasteiger charge is 2.34. The second-order valence-corrected chi connectivity index (χ2v) is 9.92. The first-order valence-corrected chi connectivity index (χ1v) is 13.0. The van der Waals surface area contributed by atoms with Gasteiger partial charge in [-0.05, 0) is 44.0 Å². The summed E-state index contributed by atoms with van der Waals surface area (Å²) < 4.78 is 60.9. The summed E-state index contributed by atoms with van der Waals surface area (Å²) >= 11 is 0. The van der Waals surface area contributed by atoms with Crippen LogP contribution in [0.2, 0.25) is 0 Å². The molecule has 3 saturated heterocycles. The topological polar surface area (TPSA) is 90.2 Å². The Balaban J connectivity index is 0.000000287. The minimum absolute atomic E-state index is 0.0661. The summed E-state index contributed by atoms with van der Waals surface area (Å²) in [6.45, 7) is 3.52. The number of nitriles is 1. The van der Waals surface area contributed by atoms with Crippen LogP contribution in [-0.4, -0.2) is 77.9 Å². The van der Waals surface area contributed by atoms with Crippen LogP contribution in [0.4, 0.5) is 23.4 Å². The van der Waals surface area contributed by atoms with E-state index in [-0.39, 0.29) is 28.8 Å². The summed E-state index contributed by atoms with van der Waals surface area (Å²) in [5.74, 6) is -2.01. The summed E-state index contributed by atoms with van der Waals surface area (Å²) in [5, 5.41) is 12.5. The molecule has 2 aromatic heterocycles. The smallest absolute Gasteiger partial charge is 0.318 e. The zero-order valence-corrected chi connectivity index (χ0v) is 21.5. The van der Waals surface area contributed by atoms with Gasteiger partial charge in [-0.3, -0.25) is 9.88 Å². The van der Waals surface area contributed by atoms with Gasteiger partial charge in [0, 0.05) is 50.0 Å². The normalized spacial score (nSPS) is 22.8. The molecule has 5 heterocycles. The average molecular weight is 544 g/mol. The highest BCUT2D eigenvalue weighted by atomic mass is 19.1. The highest BCUT2D eigenvalue weighted by molar-refractivity contribution is 5.92. The molecule has 0 bridgehead atoms. The third-order valence-corrected chi connectivity index (χ3v) is 7.36. The van der Waals surface area contributed by atoms with Gasteiger partial charge in [-0.15, -0.1) is 0 Å². The van der Waals surface area contributed by atoms with Crippen LogP contribution in [0.15, 0.2) is 24.4 Å². The summed E-state index contributed by atoms with van der Waals surface area (Å²) in [7, 11) is 1.35. The number of ether oxygens (including phenoxy) is 1. The number of hydrogen-bond donors (Lipinski definition) is 1. The number of piperazine rings is 1. The van der Waals surface area contributed by atoms with E-state index in [1.54, 1.807) is 0 Å². The molecule has 3 fully saturated rings. The minimum atomic E-state index is -0.900. The number of fused-ring (bicyclic) bond motifs is 2. The molecule has 3 atom stereocenters. The van der Waals surface area contributed by atoms with E-state index >= 15 is 4.39 Å². The third-order valence-electron chi connectivity index (χ3n) is 7.36. The molecule has 0 amide bonds. The van der Waals surface area contributed by atoms with Crippen LogP contribution < -0.4 is 15.0 Å². The SMILES string of the molecule is COc1nc(N2CCNC(CC#N)C2)c2cnc(-c3cc(F)ccc3F)c(F)c2n1.FC1CC2CCCN2C1. The lowest BCUT2D eigenvalue weighted by Gasteiger charge is -2.34. The van der Waals surface area contributed by atoms with E-state index < -0.39 is 23.6 Å². The molecule has 3 aliphatic rings. The lowest BCUT2D eigenvalue weighted by Crippen LogP contribution is -2.51. The first-order chi connectivity index (χ1) is 18.9. The fraction of sp³-hybridized carbons (Fsp3) is 0.481. The fourth-order valence-corrected chi connectivity index (χ4v) is 5.51. The molecule has 3 aromatic rings. The van der Waals surface area contributed by atoms with Gasteiger partial charge in [0.15, 0.2) is 5.82 Å². The van der Waals surface area contributed by atoms with Crippen molar-refractivity contribution in [3.05, 3.63) is 41.8 Å². The van der Waals surface area contributed by atoms with Crippen LogP contribution >= 0.6 is 0 Å². The zero-order valence-electron chi connectivity index (χ0n) is 21.5. The van der Waals surface area contributed by atoms with Crippen LogP contribution in [-0.2, 0) is 0 Å². The van der Waals surface area contributed by atoms with E-state index in [0.29, 0.717) is 49.8 Å². The van der Waals surface area contributed by atoms with Crippen molar-refractivity contribution < 1.29 is 22.3 Å². The molecule has 0 radical (unpaired) electrons. The summed E-state index contributed by atoms with van der Waals surface area (Å²) in [6.07, 6.45) is 4.47. The molecule has 3 unspecified atom stereocenters. The summed E-state index contributed by atoms with van der Waals surface area (Å²) in [4.78, 5) is 16.7. The summed E-state index contributed by atoms with van der Waals surface area (Å²) in [5.41, 5.74) is -0.764. The van der Waals surface area contributed by atoms with Crippen LogP contribution in [0.25, 0.3) is 22.2 Å².